The number of nitrogens with zero attached hydrogens (tertiary/aromatic N) is 1. The van der Waals surface area contributed by atoms with Crippen molar-refractivity contribution >= 4 is 11.7 Å². The predicted octanol–water partition coefficient (Wildman–Crippen LogP) is -0.233. The maximum atomic E-state index is 11.1. The number of hydrogen-bond acceptors (Lipinski definition) is 3. The molecule has 0 aliphatic heterocycles. The molecule has 0 saturated carbocycles. The largest absolute Gasteiger partial charge is 0.383 e. The quantitative estimate of drug-likeness (QED) is 0.361. The zero-order valence-electron chi connectivity index (χ0n) is 7.84. The standard InChI is InChI=1S/C8H14N2O2/c1-6(11)7(5-10(3)4)8(12)9-2/h5H,1-4H3,(H,9,12)/b7-5-. The molecule has 0 aromatic rings. The van der Waals surface area contributed by atoms with Gasteiger partial charge in [-0.1, -0.05) is 0 Å². The van der Waals surface area contributed by atoms with Crippen LogP contribution in [0.1, 0.15) is 6.92 Å². The predicted molar refractivity (Wildman–Crippen MR) is 46.5 cm³/mol. The van der Waals surface area contributed by atoms with Gasteiger partial charge in [-0.15, -0.1) is 0 Å². The first-order valence-corrected chi connectivity index (χ1v) is 3.60. The van der Waals surface area contributed by atoms with Crippen LogP contribution in [-0.4, -0.2) is 37.7 Å². The molecule has 0 fully saturated rings. The number of likely N-dealkylation sites (N-methyl/N-ethyl adjacent to an activating group) is 1. The molecule has 0 aromatic heterocycles. The Kier molecular flexibility index (Phi) is 4.04. The molecule has 4 heteroatoms. The molecule has 0 spiro atoms. The van der Waals surface area contributed by atoms with E-state index >= 15 is 0 Å². The fourth-order valence-electron chi connectivity index (χ4n) is 0.702. The lowest BCUT2D eigenvalue weighted by Gasteiger charge is -2.07. The van der Waals surface area contributed by atoms with Crippen LogP contribution in [-0.2, 0) is 9.59 Å². The molecule has 68 valence electrons. The molecule has 0 bridgehead atoms. The van der Waals surface area contributed by atoms with Crippen molar-refractivity contribution in [1.29, 1.82) is 0 Å². The highest BCUT2D eigenvalue weighted by Crippen LogP contribution is 1.97. The molecule has 0 rings (SSSR count). The minimum atomic E-state index is -0.351. The molecule has 0 heterocycles. The maximum Gasteiger partial charge on any atom is 0.256 e. The number of carbonyl (C=O) groups excluding carboxylic acids is 2. The molecule has 0 aliphatic carbocycles. The molecule has 0 aliphatic rings. The minimum Gasteiger partial charge on any atom is -0.383 e. The van der Waals surface area contributed by atoms with Gasteiger partial charge in [-0.05, 0) is 6.92 Å². The Labute approximate surface area is 72.2 Å². The van der Waals surface area contributed by atoms with Gasteiger partial charge in [-0.3, -0.25) is 9.59 Å². The van der Waals surface area contributed by atoms with Gasteiger partial charge in [-0.2, -0.15) is 0 Å². The summed E-state index contributed by atoms with van der Waals surface area (Å²) in [4.78, 5) is 23.6. The van der Waals surface area contributed by atoms with Crippen LogP contribution >= 0.6 is 0 Å². The molecule has 4 nitrogen and oxygen atoms in total. The Morgan fingerprint density at radius 2 is 1.83 bits per heavy atom. The van der Waals surface area contributed by atoms with Crippen molar-refractivity contribution in [3.63, 3.8) is 0 Å². The molecule has 0 saturated heterocycles. The SMILES string of the molecule is CNC(=O)/C(=C\N(C)C)C(C)=O. The van der Waals surface area contributed by atoms with E-state index in [2.05, 4.69) is 5.32 Å². The first-order chi connectivity index (χ1) is 5.49. The first-order valence-electron chi connectivity index (χ1n) is 3.60. The third kappa shape index (κ3) is 3.18. The zero-order valence-corrected chi connectivity index (χ0v) is 7.84. The summed E-state index contributed by atoms with van der Waals surface area (Å²) in [6.07, 6.45) is 1.50. The highest BCUT2D eigenvalue weighted by molar-refractivity contribution is 6.18. The second-order valence-electron chi connectivity index (χ2n) is 2.64. The van der Waals surface area contributed by atoms with Crippen molar-refractivity contribution in [1.82, 2.24) is 10.2 Å². The summed E-state index contributed by atoms with van der Waals surface area (Å²) >= 11 is 0. The van der Waals surface area contributed by atoms with Gasteiger partial charge in [-0.25, -0.2) is 0 Å². The number of carbonyl (C=O) groups is 2. The average molecular weight is 170 g/mol. The van der Waals surface area contributed by atoms with Crippen molar-refractivity contribution in [2.24, 2.45) is 0 Å². The lowest BCUT2D eigenvalue weighted by Crippen LogP contribution is -2.25. The Balaban J connectivity index is 4.67. The van der Waals surface area contributed by atoms with Crippen LogP contribution < -0.4 is 5.32 Å². The van der Waals surface area contributed by atoms with Crippen molar-refractivity contribution in [2.45, 2.75) is 6.92 Å². The summed E-state index contributed by atoms with van der Waals surface area (Å²) in [6, 6.07) is 0. The Morgan fingerprint density at radius 3 is 2.08 bits per heavy atom. The topological polar surface area (TPSA) is 49.4 Å². The lowest BCUT2D eigenvalue weighted by atomic mass is 10.2. The molecule has 0 radical (unpaired) electrons. The molecule has 1 N–H and O–H groups in total. The number of nitrogens with one attached hydrogen (secondary N) is 1. The van der Waals surface area contributed by atoms with E-state index in [4.69, 9.17) is 0 Å². The molecular weight excluding hydrogens is 156 g/mol. The van der Waals surface area contributed by atoms with E-state index in [0.717, 1.165) is 0 Å². The van der Waals surface area contributed by atoms with Gasteiger partial charge in [0.15, 0.2) is 5.78 Å². The summed E-state index contributed by atoms with van der Waals surface area (Å²) in [5, 5.41) is 2.40. The fourth-order valence-corrected chi connectivity index (χ4v) is 0.702. The summed E-state index contributed by atoms with van der Waals surface area (Å²) in [7, 11) is 5.01. The van der Waals surface area contributed by atoms with Crippen LogP contribution in [0, 0.1) is 0 Å². The van der Waals surface area contributed by atoms with Gasteiger partial charge in [0, 0.05) is 27.3 Å². The number of ketones is 1. The first kappa shape index (κ1) is 10.7. The van der Waals surface area contributed by atoms with Gasteiger partial charge in [0.25, 0.3) is 5.91 Å². The van der Waals surface area contributed by atoms with Crippen molar-refractivity contribution in [2.75, 3.05) is 21.1 Å². The van der Waals surface area contributed by atoms with Crippen LogP contribution in [0.15, 0.2) is 11.8 Å². The zero-order chi connectivity index (χ0) is 9.72. The number of rotatable bonds is 3. The molecular formula is C8H14N2O2. The van der Waals surface area contributed by atoms with Crippen molar-refractivity contribution in [3.05, 3.63) is 11.8 Å². The lowest BCUT2D eigenvalue weighted by molar-refractivity contribution is -0.121. The summed E-state index contributed by atoms with van der Waals surface area (Å²) in [6.45, 7) is 1.37. The number of amides is 1. The third-order valence-corrected chi connectivity index (χ3v) is 1.24. The van der Waals surface area contributed by atoms with Crippen LogP contribution in [0.25, 0.3) is 0 Å². The summed E-state index contributed by atoms with van der Waals surface area (Å²) in [5.74, 6) is -0.584. The molecule has 0 unspecified atom stereocenters. The highest BCUT2D eigenvalue weighted by atomic mass is 16.2. The molecule has 1 amide bonds. The van der Waals surface area contributed by atoms with Crippen molar-refractivity contribution < 1.29 is 9.59 Å². The second-order valence-corrected chi connectivity index (χ2v) is 2.64. The average Bonchev–Trinajstić information content (AvgIpc) is 1.98. The van der Waals surface area contributed by atoms with Crippen LogP contribution in [0.5, 0.6) is 0 Å². The van der Waals surface area contributed by atoms with E-state index in [1.165, 1.54) is 20.2 Å². The Bertz CT molecular complexity index is 219. The van der Waals surface area contributed by atoms with Crippen LogP contribution in [0.4, 0.5) is 0 Å². The van der Waals surface area contributed by atoms with E-state index in [0.29, 0.717) is 0 Å². The summed E-state index contributed by atoms with van der Waals surface area (Å²) < 4.78 is 0. The fraction of sp³-hybridized carbons (Fsp3) is 0.500. The van der Waals surface area contributed by atoms with E-state index in [-0.39, 0.29) is 17.3 Å². The molecule has 0 atom stereocenters. The number of Topliss-reactive ketones (excluding diaryl/α,β-unsaturated/α-hetero) is 1. The van der Waals surface area contributed by atoms with E-state index in [1.54, 1.807) is 19.0 Å². The Hall–Kier alpha value is -1.32. The smallest absolute Gasteiger partial charge is 0.256 e. The van der Waals surface area contributed by atoms with Gasteiger partial charge < -0.3 is 10.2 Å². The monoisotopic (exact) mass is 170 g/mol. The summed E-state index contributed by atoms with van der Waals surface area (Å²) in [5.41, 5.74) is 0.169. The van der Waals surface area contributed by atoms with Gasteiger partial charge in [0.2, 0.25) is 0 Å². The minimum absolute atomic E-state index is 0.169. The highest BCUT2D eigenvalue weighted by Gasteiger charge is 2.12. The van der Waals surface area contributed by atoms with E-state index < -0.39 is 0 Å². The normalized spacial score (nSPS) is 10.8. The molecule has 0 aromatic carbocycles. The second kappa shape index (κ2) is 4.54. The van der Waals surface area contributed by atoms with E-state index in [9.17, 15) is 9.59 Å². The number of hydrogen-bond donors (Lipinski definition) is 1. The maximum absolute atomic E-state index is 11.1. The third-order valence-electron chi connectivity index (χ3n) is 1.24. The van der Waals surface area contributed by atoms with E-state index in [1.807, 2.05) is 0 Å². The Morgan fingerprint density at radius 1 is 1.33 bits per heavy atom. The van der Waals surface area contributed by atoms with Crippen LogP contribution in [0.2, 0.25) is 0 Å². The van der Waals surface area contributed by atoms with Crippen molar-refractivity contribution in [3.8, 4) is 0 Å². The molecule has 12 heavy (non-hydrogen) atoms. The van der Waals surface area contributed by atoms with Crippen LogP contribution in [0.3, 0.4) is 0 Å². The van der Waals surface area contributed by atoms with Gasteiger partial charge in [0.1, 0.15) is 0 Å². The van der Waals surface area contributed by atoms with Gasteiger partial charge in [0.05, 0.1) is 5.57 Å². The van der Waals surface area contributed by atoms with Gasteiger partial charge >= 0.3 is 0 Å².